The van der Waals surface area contributed by atoms with Gasteiger partial charge in [-0.05, 0) is 59.5 Å². The number of nitrogens with zero attached hydrogens (tertiary/aromatic N) is 2. The van der Waals surface area contributed by atoms with E-state index in [1.54, 1.807) is 35.6 Å². The van der Waals surface area contributed by atoms with Gasteiger partial charge in [0.05, 0.1) is 16.3 Å². The van der Waals surface area contributed by atoms with E-state index in [0.29, 0.717) is 18.8 Å². The van der Waals surface area contributed by atoms with Crippen molar-refractivity contribution < 1.29 is 13.2 Å². The minimum atomic E-state index is -3.60. The Morgan fingerprint density at radius 2 is 1.93 bits per heavy atom. The third kappa shape index (κ3) is 5.07. The molecule has 0 atom stereocenters. The molecule has 1 amide bonds. The molecule has 0 aliphatic carbocycles. The highest BCUT2D eigenvalue weighted by Crippen LogP contribution is 2.32. The summed E-state index contributed by atoms with van der Waals surface area (Å²) < 4.78 is 27.3. The average Bonchev–Trinajstić information content (AvgIpc) is 3.41. The second-order valence-corrected chi connectivity index (χ2v) is 9.56. The van der Waals surface area contributed by atoms with Crippen LogP contribution in [0.1, 0.15) is 32.3 Å². The van der Waals surface area contributed by atoms with E-state index >= 15 is 0 Å². The molecule has 8 heteroatoms. The summed E-state index contributed by atoms with van der Waals surface area (Å²) in [4.78, 5) is 14.9. The monoisotopic (exact) mass is 433 g/mol. The van der Waals surface area contributed by atoms with E-state index in [9.17, 15) is 13.2 Å². The van der Waals surface area contributed by atoms with Crippen molar-refractivity contribution in [3.63, 3.8) is 0 Å². The predicted octanol–water partition coefficient (Wildman–Crippen LogP) is 4.03. The average molecular weight is 434 g/mol. The molecule has 0 bridgehead atoms. The summed E-state index contributed by atoms with van der Waals surface area (Å²) in [5, 5.41) is 6.79. The summed E-state index contributed by atoms with van der Waals surface area (Å²) in [6.45, 7) is 6.23. The molecule has 2 aromatic rings. The molecule has 1 fully saturated rings. The van der Waals surface area contributed by atoms with Gasteiger partial charge in [0.2, 0.25) is 15.9 Å². The number of carbonyl (C=O) groups is 1. The number of anilines is 2. The molecule has 1 aromatic carbocycles. The van der Waals surface area contributed by atoms with Crippen LogP contribution >= 0.6 is 11.3 Å². The SMILES string of the molecule is CCN(CC)S(=O)(=O)c1ccc(N2CCCC2)c(NC(=O)/C=C/c2ccsc2)c1. The standard InChI is InChI=1S/C21H27N3O3S2/c1-3-24(4-2)29(26,27)18-8-9-20(23-12-5-6-13-23)19(15-18)22-21(25)10-7-17-11-14-28-16-17/h7-11,14-16H,3-6,12-13H2,1-2H3,(H,22,25)/b10-7+. The molecule has 156 valence electrons. The van der Waals surface area contributed by atoms with Gasteiger partial charge in [0.1, 0.15) is 0 Å². The number of hydrogen-bond donors (Lipinski definition) is 1. The van der Waals surface area contributed by atoms with Crippen molar-refractivity contribution >= 4 is 44.7 Å². The van der Waals surface area contributed by atoms with E-state index < -0.39 is 10.0 Å². The first-order chi connectivity index (χ1) is 14.0. The Bertz CT molecular complexity index is 959. The highest BCUT2D eigenvalue weighted by molar-refractivity contribution is 7.89. The minimum Gasteiger partial charge on any atom is -0.370 e. The van der Waals surface area contributed by atoms with Crippen LogP contribution in [0.4, 0.5) is 11.4 Å². The van der Waals surface area contributed by atoms with Crippen LogP contribution in [-0.4, -0.2) is 44.8 Å². The Labute approximate surface area is 176 Å². The highest BCUT2D eigenvalue weighted by Gasteiger charge is 2.24. The number of benzene rings is 1. The molecule has 1 aromatic heterocycles. The predicted molar refractivity (Wildman–Crippen MR) is 120 cm³/mol. The zero-order valence-corrected chi connectivity index (χ0v) is 18.4. The van der Waals surface area contributed by atoms with Gasteiger partial charge in [-0.25, -0.2) is 8.42 Å². The van der Waals surface area contributed by atoms with Crippen molar-refractivity contribution in [3.05, 3.63) is 46.7 Å². The van der Waals surface area contributed by atoms with E-state index in [2.05, 4.69) is 10.2 Å². The zero-order chi connectivity index (χ0) is 20.9. The van der Waals surface area contributed by atoms with Crippen molar-refractivity contribution in [2.24, 2.45) is 0 Å². The molecule has 6 nitrogen and oxygen atoms in total. The molecule has 1 aliphatic rings. The van der Waals surface area contributed by atoms with Gasteiger partial charge in [-0.2, -0.15) is 15.6 Å². The molecule has 0 unspecified atom stereocenters. The summed E-state index contributed by atoms with van der Waals surface area (Å²) in [7, 11) is -3.60. The van der Waals surface area contributed by atoms with Gasteiger partial charge in [-0.3, -0.25) is 4.79 Å². The van der Waals surface area contributed by atoms with Gasteiger partial charge in [-0.1, -0.05) is 13.8 Å². The first-order valence-electron chi connectivity index (χ1n) is 9.86. The zero-order valence-electron chi connectivity index (χ0n) is 16.8. The largest absolute Gasteiger partial charge is 0.370 e. The van der Waals surface area contributed by atoms with E-state index in [4.69, 9.17) is 0 Å². The van der Waals surface area contributed by atoms with E-state index in [1.165, 1.54) is 10.4 Å². The number of nitrogens with one attached hydrogen (secondary N) is 1. The van der Waals surface area contributed by atoms with Gasteiger partial charge < -0.3 is 10.2 Å². The van der Waals surface area contributed by atoms with Crippen LogP contribution in [-0.2, 0) is 14.8 Å². The molecule has 29 heavy (non-hydrogen) atoms. The van der Waals surface area contributed by atoms with Crippen molar-refractivity contribution in [3.8, 4) is 0 Å². The van der Waals surface area contributed by atoms with Crippen LogP contribution in [0.15, 0.2) is 46.0 Å². The molecule has 1 saturated heterocycles. The fourth-order valence-electron chi connectivity index (χ4n) is 3.44. The van der Waals surface area contributed by atoms with Crippen LogP contribution in [0.25, 0.3) is 6.08 Å². The third-order valence-electron chi connectivity index (χ3n) is 4.99. The van der Waals surface area contributed by atoms with E-state index in [0.717, 1.165) is 37.2 Å². The smallest absolute Gasteiger partial charge is 0.248 e. The van der Waals surface area contributed by atoms with Crippen LogP contribution in [0.3, 0.4) is 0 Å². The fourth-order valence-corrected chi connectivity index (χ4v) is 5.55. The third-order valence-corrected chi connectivity index (χ3v) is 7.73. The van der Waals surface area contributed by atoms with E-state index in [-0.39, 0.29) is 10.8 Å². The summed E-state index contributed by atoms with van der Waals surface area (Å²) in [6, 6.07) is 6.96. The molecule has 1 aliphatic heterocycles. The maximum absolute atomic E-state index is 12.9. The van der Waals surface area contributed by atoms with Crippen LogP contribution in [0.5, 0.6) is 0 Å². The molecular formula is C21H27N3O3S2. The maximum Gasteiger partial charge on any atom is 0.248 e. The number of thiophene rings is 1. The van der Waals surface area contributed by atoms with Crippen molar-refractivity contribution in [1.82, 2.24) is 4.31 Å². The molecule has 1 N–H and O–H groups in total. The van der Waals surface area contributed by atoms with Crippen molar-refractivity contribution in [1.29, 1.82) is 0 Å². The lowest BCUT2D eigenvalue weighted by Gasteiger charge is -2.24. The molecule has 2 heterocycles. The second kappa shape index (κ2) is 9.56. The molecule has 0 saturated carbocycles. The summed E-state index contributed by atoms with van der Waals surface area (Å²) >= 11 is 1.57. The Balaban J connectivity index is 1.92. The fraction of sp³-hybridized carbons (Fsp3) is 0.381. The molecular weight excluding hydrogens is 406 g/mol. The Morgan fingerprint density at radius 1 is 1.21 bits per heavy atom. The number of hydrogen-bond acceptors (Lipinski definition) is 5. The summed E-state index contributed by atoms with van der Waals surface area (Å²) in [5.74, 6) is -0.283. The number of amides is 1. The van der Waals surface area contributed by atoms with Gasteiger partial charge in [0.25, 0.3) is 0 Å². The lowest BCUT2D eigenvalue weighted by molar-refractivity contribution is -0.111. The Hall–Kier alpha value is -2.16. The number of sulfonamides is 1. The van der Waals surface area contributed by atoms with Crippen LogP contribution < -0.4 is 10.2 Å². The maximum atomic E-state index is 12.9. The van der Waals surface area contributed by atoms with Gasteiger partial charge in [0.15, 0.2) is 0 Å². The summed E-state index contributed by atoms with van der Waals surface area (Å²) in [6.07, 6.45) is 5.40. The normalized spacial score (nSPS) is 14.8. The second-order valence-electron chi connectivity index (χ2n) is 6.84. The van der Waals surface area contributed by atoms with Gasteiger partial charge in [-0.15, -0.1) is 0 Å². The summed E-state index contributed by atoms with van der Waals surface area (Å²) in [5.41, 5.74) is 2.35. The molecule has 3 rings (SSSR count). The van der Waals surface area contributed by atoms with Crippen molar-refractivity contribution in [2.75, 3.05) is 36.4 Å². The first-order valence-corrected chi connectivity index (χ1v) is 12.2. The van der Waals surface area contributed by atoms with Crippen LogP contribution in [0.2, 0.25) is 0 Å². The minimum absolute atomic E-state index is 0.196. The highest BCUT2D eigenvalue weighted by atomic mass is 32.2. The van der Waals surface area contributed by atoms with Gasteiger partial charge >= 0.3 is 0 Å². The van der Waals surface area contributed by atoms with E-state index in [1.807, 2.05) is 30.7 Å². The Kier molecular flexibility index (Phi) is 7.10. The molecule has 0 radical (unpaired) electrons. The Morgan fingerprint density at radius 3 is 2.55 bits per heavy atom. The number of carbonyl (C=O) groups excluding carboxylic acids is 1. The quantitative estimate of drug-likeness (QED) is 0.638. The lowest BCUT2D eigenvalue weighted by Crippen LogP contribution is -2.31. The lowest BCUT2D eigenvalue weighted by atomic mass is 10.2. The van der Waals surface area contributed by atoms with Crippen LogP contribution in [0, 0.1) is 0 Å². The topological polar surface area (TPSA) is 69.7 Å². The first kappa shape index (κ1) is 21.5. The van der Waals surface area contributed by atoms with Crippen molar-refractivity contribution in [2.45, 2.75) is 31.6 Å². The van der Waals surface area contributed by atoms with Gasteiger partial charge in [0, 0.05) is 32.3 Å². The number of rotatable bonds is 8. The molecule has 0 spiro atoms.